The molecule has 8 heteroatoms. The first-order chi connectivity index (χ1) is 14.4. The zero-order valence-corrected chi connectivity index (χ0v) is 16.1. The van der Waals surface area contributed by atoms with Gasteiger partial charge >= 0.3 is 0 Å². The minimum absolute atomic E-state index is 0.0555. The number of ether oxygens (including phenoxy) is 1. The maximum absolute atomic E-state index is 12.5. The highest BCUT2D eigenvalue weighted by molar-refractivity contribution is 6.05. The molecule has 0 heterocycles. The summed E-state index contributed by atoms with van der Waals surface area (Å²) in [5.41, 5.74) is 1.65. The van der Waals surface area contributed by atoms with Crippen molar-refractivity contribution >= 4 is 28.9 Å². The molecule has 3 rings (SSSR count). The molecule has 0 fully saturated rings. The molecule has 0 spiro atoms. The lowest BCUT2D eigenvalue weighted by atomic mass is 10.2. The molecule has 0 unspecified atom stereocenters. The summed E-state index contributed by atoms with van der Waals surface area (Å²) in [6, 6.07) is 21.3. The number of non-ortho nitro benzene ring substituents is 1. The van der Waals surface area contributed by atoms with Crippen LogP contribution in [0.1, 0.15) is 10.4 Å². The van der Waals surface area contributed by atoms with Crippen molar-refractivity contribution in [3.8, 4) is 5.75 Å². The summed E-state index contributed by atoms with van der Waals surface area (Å²) in [4.78, 5) is 36.1. The quantitative estimate of drug-likeness (QED) is 0.475. The van der Waals surface area contributed by atoms with Crippen LogP contribution in [0.15, 0.2) is 78.9 Å². The molecular formula is C22H19N3O5. The molecule has 0 aliphatic carbocycles. The zero-order valence-electron chi connectivity index (χ0n) is 16.1. The predicted molar refractivity (Wildman–Crippen MR) is 113 cm³/mol. The van der Waals surface area contributed by atoms with Crippen LogP contribution >= 0.6 is 0 Å². The number of nitrogens with one attached hydrogen (secondary N) is 1. The van der Waals surface area contributed by atoms with E-state index in [-0.39, 0.29) is 18.2 Å². The number of nitro groups is 1. The Labute approximate surface area is 172 Å². The van der Waals surface area contributed by atoms with E-state index in [1.54, 1.807) is 55.6 Å². The van der Waals surface area contributed by atoms with Gasteiger partial charge in [0.2, 0.25) is 0 Å². The van der Waals surface area contributed by atoms with Crippen molar-refractivity contribution in [1.29, 1.82) is 0 Å². The molecule has 0 saturated carbocycles. The van der Waals surface area contributed by atoms with Crippen LogP contribution in [0.25, 0.3) is 0 Å². The Kier molecular flexibility index (Phi) is 6.39. The van der Waals surface area contributed by atoms with Crippen LogP contribution < -0.4 is 15.0 Å². The van der Waals surface area contributed by atoms with E-state index in [4.69, 9.17) is 4.74 Å². The maximum Gasteiger partial charge on any atom is 0.269 e. The van der Waals surface area contributed by atoms with Crippen molar-refractivity contribution in [3.63, 3.8) is 0 Å². The molecule has 0 radical (unpaired) electrons. The van der Waals surface area contributed by atoms with Crippen molar-refractivity contribution < 1.29 is 19.2 Å². The summed E-state index contributed by atoms with van der Waals surface area (Å²) in [5, 5.41) is 13.2. The summed E-state index contributed by atoms with van der Waals surface area (Å²) in [5.74, 6) is -0.0609. The number of carbonyl (C=O) groups excluding carboxylic acids is 2. The van der Waals surface area contributed by atoms with E-state index in [2.05, 4.69) is 5.32 Å². The van der Waals surface area contributed by atoms with Gasteiger partial charge in [0, 0.05) is 36.1 Å². The highest BCUT2D eigenvalue weighted by atomic mass is 16.6. The average Bonchev–Trinajstić information content (AvgIpc) is 2.78. The van der Waals surface area contributed by atoms with Gasteiger partial charge in [-0.2, -0.15) is 0 Å². The fourth-order valence-corrected chi connectivity index (χ4v) is 2.67. The molecule has 8 nitrogen and oxygen atoms in total. The van der Waals surface area contributed by atoms with Crippen LogP contribution in [0.5, 0.6) is 5.75 Å². The molecule has 3 aromatic rings. The number of carbonyl (C=O) groups is 2. The number of nitrogens with zero attached hydrogens (tertiary/aromatic N) is 2. The SMILES string of the molecule is CN(C(=O)c1ccccc1)c1ccc(OCC(=O)Nc2ccc([N+](=O)[O-])cc2)cc1. The molecule has 152 valence electrons. The highest BCUT2D eigenvalue weighted by Crippen LogP contribution is 2.20. The largest absolute Gasteiger partial charge is 0.484 e. The second-order valence-electron chi connectivity index (χ2n) is 6.36. The Morgan fingerprint density at radius 1 is 0.967 bits per heavy atom. The van der Waals surface area contributed by atoms with Gasteiger partial charge in [-0.25, -0.2) is 0 Å². The monoisotopic (exact) mass is 405 g/mol. The van der Waals surface area contributed by atoms with Gasteiger partial charge in [-0.3, -0.25) is 19.7 Å². The third-order valence-electron chi connectivity index (χ3n) is 4.28. The van der Waals surface area contributed by atoms with Crippen LogP contribution in [-0.4, -0.2) is 30.4 Å². The Bertz CT molecular complexity index is 1030. The third-order valence-corrected chi connectivity index (χ3v) is 4.28. The number of anilines is 2. The van der Waals surface area contributed by atoms with E-state index in [0.717, 1.165) is 0 Å². The van der Waals surface area contributed by atoms with Gasteiger partial charge in [0.25, 0.3) is 17.5 Å². The Morgan fingerprint density at radius 3 is 2.20 bits per heavy atom. The number of benzene rings is 3. The number of nitro benzene ring substituents is 1. The van der Waals surface area contributed by atoms with Crippen LogP contribution in [0.4, 0.5) is 17.1 Å². The van der Waals surface area contributed by atoms with Crippen LogP contribution in [0.2, 0.25) is 0 Å². The summed E-state index contributed by atoms with van der Waals surface area (Å²) in [6.07, 6.45) is 0. The maximum atomic E-state index is 12.5. The minimum atomic E-state index is -0.511. The molecule has 1 N–H and O–H groups in total. The lowest BCUT2D eigenvalue weighted by Crippen LogP contribution is -2.26. The molecule has 0 bridgehead atoms. The molecule has 0 aliphatic rings. The fourth-order valence-electron chi connectivity index (χ4n) is 2.67. The summed E-state index contributed by atoms with van der Waals surface area (Å²) in [7, 11) is 1.68. The van der Waals surface area contributed by atoms with E-state index in [0.29, 0.717) is 22.7 Å². The van der Waals surface area contributed by atoms with Gasteiger partial charge in [0.15, 0.2) is 6.61 Å². The van der Waals surface area contributed by atoms with Gasteiger partial charge < -0.3 is 15.0 Å². The summed E-state index contributed by atoms with van der Waals surface area (Å²) in [6.45, 7) is -0.227. The van der Waals surface area contributed by atoms with Crippen LogP contribution in [0.3, 0.4) is 0 Å². The van der Waals surface area contributed by atoms with Crippen molar-refractivity contribution in [2.24, 2.45) is 0 Å². The molecule has 2 amide bonds. The predicted octanol–water partition coefficient (Wildman–Crippen LogP) is 3.89. The minimum Gasteiger partial charge on any atom is -0.484 e. The highest BCUT2D eigenvalue weighted by Gasteiger charge is 2.13. The van der Waals surface area contributed by atoms with Gasteiger partial charge in [-0.1, -0.05) is 18.2 Å². The van der Waals surface area contributed by atoms with E-state index < -0.39 is 10.8 Å². The number of hydrogen-bond acceptors (Lipinski definition) is 5. The topological polar surface area (TPSA) is 102 Å². The zero-order chi connectivity index (χ0) is 21.5. The molecule has 0 aromatic heterocycles. The van der Waals surface area contributed by atoms with Crippen molar-refractivity contribution in [1.82, 2.24) is 0 Å². The first kappa shape index (κ1) is 20.5. The van der Waals surface area contributed by atoms with Crippen molar-refractivity contribution in [2.75, 3.05) is 23.9 Å². The average molecular weight is 405 g/mol. The fraction of sp³-hybridized carbons (Fsp3) is 0.0909. The molecule has 0 aliphatic heterocycles. The van der Waals surface area contributed by atoms with Gasteiger partial charge in [0.05, 0.1) is 4.92 Å². The molecular weight excluding hydrogens is 386 g/mol. The number of amides is 2. The third kappa shape index (κ3) is 5.20. The van der Waals surface area contributed by atoms with Crippen LogP contribution in [0, 0.1) is 10.1 Å². The lowest BCUT2D eigenvalue weighted by Gasteiger charge is -2.18. The summed E-state index contributed by atoms with van der Waals surface area (Å²) >= 11 is 0. The van der Waals surface area contributed by atoms with E-state index in [9.17, 15) is 19.7 Å². The van der Waals surface area contributed by atoms with E-state index in [1.165, 1.54) is 29.2 Å². The van der Waals surface area contributed by atoms with E-state index in [1.807, 2.05) is 6.07 Å². The van der Waals surface area contributed by atoms with Gasteiger partial charge in [0.1, 0.15) is 5.75 Å². The number of rotatable bonds is 7. The van der Waals surface area contributed by atoms with E-state index >= 15 is 0 Å². The molecule has 3 aromatic carbocycles. The Hall–Kier alpha value is -4.20. The first-order valence-electron chi connectivity index (χ1n) is 9.04. The van der Waals surface area contributed by atoms with Crippen LogP contribution in [-0.2, 0) is 4.79 Å². The first-order valence-corrected chi connectivity index (χ1v) is 9.04. The second-order valence-corrected chi connectivity index (χ2v) is 6.36. The standard InChI is InChI=1S/C22H19N3O5/c1-24(22(27)16-5-3-2-4-6-16)18-11-13-20(14-12-18)30-15-21(26)23-17-7-9-19(10-8-17)25(28)29/h2-14H,15H2,1H3,(H,23,26). The smallest absolute Gasteiger partial charge is 0.269 e. The summed E-state index contributed by atoms with van der Waals surface area (Å²) < 4.78 is 5.46. The molecule has 30 heavy (non-hydrogen) atoms. The van der Waals surface area contributed by atoms with Crippen molar-refractivity contribution in [2.45, 2.75) is 0 Å². The lowest BCUT2D eigenvalue weighted by molar-refractivity contribution is -0.384. The Balaban J connectivity index is 1.53. The van der Waals surface area contributed by atoms with Gasteiger partial charge in [-0.15, -0.1) is 0 Å². The molecule has 0 saturated heterocycles. The normalized spacial score (nSPS) is 10.2. The molecule has 0 atom stereocenters. The second kappa shape index (κ2) is 9.33. The van der Waals surface area contributed by atoms with Crippen molar-refractivity contribution in [3.05, 3.63) is 94.5 Å². The van der Waals surface area contributed by atoms with Gasteiger partial charge in [-0.05, 0) is 48.5 Å². The number of hydrogen-bond donors (Lipinski definition) is 1. The Morgan fingerprint density at radius 2 is 1.60 bits per heavy atom.